The van der Waals surface area contributed by atoms with Gasteiger partial charge >= 0.3 is 0 Å². The van der Waals surface area contributed by atoms with Gasteiger partial charge in [-0.2, -0.15) is 0 Å². The Kier molecular flexibility index (Phi) is 8.68. The lowest BCUT2D eigenvalue weighted by atomic mass is 9.84. The molecule has 0 radical (unpaired) electrons. The van der Waals surface area contributed by atoms with Crippen LogP contribution in [0.5, 0.6) is 0 Å². The molecule has 1 unspecified atom stereocenters. The molecule has 3 rings (SSSR count). The minimum Gasteiger partial charge on any atom is -0.326 e. The Morgan fingerprint density at radius 2 is 1.62 bits per heavy atom. The van der Waals surface area contributed by atoms with Crippen LogP contribution >= 0.6 is 12.4 Å². The van der Waals surface area contributed by atoms with Crippen LogP contribution in [0.25, 0.3) is 0 Å². The summed E-state index contributed by atoms with van der Waals surface area (Å²) < 4.78 is 0. The Morgan fingerprint density at radius 3 is 2.28 bits per heavy atom. The molecule has 1 heterocycles. The molecule has 1 fully saturated rings. The van der Waals surface area contributed by atoms with Gasteiger partial charge in [0.15, 0.2) is 0 Å². The zero-order valence-corrected chi connectivity index (χ0v) is 17.9. The summed E-state index contributed by atoms with van der Waals surface area (Å²) >= 11 is 0. The first-order valence-electron chi connectivity index (χ1n) is 10.0. The molecule has 29 heavy (non-hydrogen) atoms. The largest absolute Gasteiger partial charge is 0.326 e. The molecule has 2 aromatic carbocycles. The monoisotopic (exact) mass is 415 g/mol. The maximum atomic E-state index is 12.6. The average Bonchev–Trinajstić information content (AvgIpc) is 2.72. The summed E-state index contributed by atoms with van der Waals surface area (Å²) in [4.78, 5) is 25.0. The van der Waals surface area contributed by atoms with E-state index in [0.29, 0.717) is 29.5 Å². The first-order valence-corrected chi connectivity index (χ1v) is 10.0. The molecule has 0 saturated carbocycles. The van der Waals surface area contributed by atoms with E-state index in [1.165, 1.54) is 0 Å². The van der Waals surface area contributed by atoms with E-state index in [1.54, 1.807) is 12.1 Å². The third-order valence-electron chi connectivity index (χ3n) is 5.59. The Bertz CT molecular complexity index is 820. The quantitative estimate of drug-likeness (QED) is 0.644. The molecule has 0 aliphatic carbocycles. The molecule has 0 aromatic heterocycles. The highest BCUT2D eigenvalue weighted by Crippen LogP contribution is 2.27. The molecule has 3 N–H and O–H groups in total. The maximum absolute atomic E-state index is 12.6. The normalized spacial score (nSPS) is 15.1. The molecule has 0 spiro atoms. The Morgan fingerprint density at radius 1 is 1.00 bits per heavy atom. The van der Waals surface area contributed by atoms with Crippen LogP contribution in [0.2, 0.25) is 0 Å². The highest BCUT2D eigenvalue weighted by atomic mass is 35.5. The number of hydrogen-bond donors (Lipinski definition) is 3. The van der Waals surface area contributed by atoms with Crippen LogP contribution in [0.15, 0.2) is 48.5 Å². The predicted molar refractivity (Wildman–Crippen MR) is 121 cm³/mol. The number of carbonyl (C=O) groups excluding carboxylic acids is 2. The van der Waals surface area contributed by atoms with Crippen molar-refractivity contribution in [2.24, 2.45) is 11.8 Å². The molecule has 5 nitrogen and oxygen atoms in total. The van der Waals surface area contributed by atoms with Crippen molar-refractivity contribution in [3.8, 4) is 0 Å². The summed E-state index contributed by atoms with van der Waals surface area (Å²) in [5.41, 5.74) is 2.91. The molecule has 1 atom stereocenters. The lowest BCUT2D eigenvalue weighted by molar-refractivity contribution is -0.117. The number of anilines is 2. The third kappa shape index (κ3) is 6.31. The van der Waals surface area contributed by atoms with Gasteiger partial charge in [0.1, 0.15) is 0 Å². The van der Waals surface area contributed by atoms with Crippen LogP contribution in [0.4, 0.5) is 11.4 Å². The van der Waals surface area contributed by atoms with Gasteiger partial charge in [0, 0.05) is 23.4 Å². The molecule has 2 aromatic rings. The third-order valence-corrected chi connectivity index (χ3v) is 5.59. The zero-order valence-electron chi connectivity index (χ0n) is 17.0. The Hall–Kier alpha value is -2.37. The van der Waals surface area contributed by atoms with E-state index < -0.39 is 0 Å². The van der Waals surface area contributed by atoms with Gasteiger partial charge in [-0.1, -0.05) is 31.2 Å². The van der Waals surface area contributed by atoms with Crippen molar-refractivity contribution in [3.63, 3.8) is 0 Å². The fraction of sp³-hybridized carbons (Fsp3) is 0.391. The Labute approximate surface area is 179 Å². The van der Waals surface area contributed by atoms with Crippen LogP contribution in [0, 0.1) is 18.8 Å². The molecule has 2 amide bonds. The first-order chi connectivity index (χ1) is 13.5. The number of nitrogens with one attached hydrogen (secondary N) is 3. The highest BCUT2D eigenvalue weighted by molar-refractivity contribution is 6.05. The molecule has 6 heteroatoms. The van der Waals surface area contributed by atoms with Crippen molar-refractivity contribution in [2.45, 2.75) is 33.1 Å². The molecule has 1 aliphatic rings. The summed E-state index contributed by atoms with van der Waals surface area (Å²) in [6.07, 6.45) is 2.79. The van der Waals surface area contributed by atoms with Crippen molar-refractivity contribution in [2.75, 3.05) is 23.7 Å². The molecule has 0 bridgehead atoms. The topological polar surface area (TPSA) is 70.2 Å². The molecule has 1 saturated heterocycles. The van der Waals surface area contributed by atoms with E-state index in [0.717, 1.165) is 37.2 Å². The summed E-state index contributed by atoms with van der Waals surface area (Å²) in [7, 11) is 0. The number of piperidine rings is 1. The van der Waals surface area contributed by atoms with Crippen LogP contribution in [0.1, 0.15) is 42.1 Å². The van der Waals surface area contributed by atoms with E-state index in [9.17, 15) is 9.59 Å². The van der Waals surface area contributed by atoms with Gasteiger partial charge in [-0.05, 0) is 74.5 Å². The van der Waals surface area contributed by atoms with Gasteiger partial charge < -0.3 is 16.0 Å². The molecule has 1 aliphatic heterocycles. The maximum Gasteiger partial charge on any atom is 0.255 e. The fourth-order valence-electron chi connectivity index (χ4n) is 3.76. The summed E-state index contributed by atoms with van der Waals surface area (Å²) in [6, 6.07) is 14.7. The second kappa shape index (κ2) is 11.0. The number of benzene rings is 2. The summed E-state index contributed by atoms with van der Waals surface area (Å²) in [6.45, 7) is 6.16. The number of amides is 2. The first kappa shape index (κ1) is 22.9. The lowest BCUT2D eigenvalue weighted by Gasteiger charge is -2.28. The van der Waals surface area contributed by atoms with Crippen LogP contribution in [-0.4, -0.2) is 24.9 Å². The van der Waals surface area contributed by atoms with E-state index in [2.05, 4.69) is 22.9 Å². The smallest absolute Gasteiger partial charge is 0.255 e. The summed E-state index contributed by atoms with van der Waals surface area (Å²) in [5, 5.41) is 9.33. The fourth-order valence-corrected chi connectivity index (χ4v) is 3.76. The van der Waals surface area contributed by atoms with Gasteiger partial charge in [0.25, 0.3) is 5.91 Å². The number of hydrogen-bond acceptors (Lipinski definition) is 3. The van der Waals surface area contributed by atoms with Crippen molar-refractivity contribution in [1.82, 2.24) is 5.32 Å². The van der Waals surface area contributed by atoms with Crippen molar-refractivity contribution < 1.29 is 9.59 Å². The number of rotatable bonds is 6. The van der Waals surface area contributed by atoms with Gasteiger partial charge in [0.05, 0.1) is 0 Å². The van der Waals surface area contributed by atoms with Crippen molar-refractivity contribution in [3.05, 3.63) is 59.7 Å². The molecular formula is C23H30ClN3O2. The second-order valence-electron chi connectivity index (χ2n) is 7.62. The van der Waals surface area contributed by atoms with E-state index in [4.69, 9.17) is 0 Å². The minimum atomic E-state index is -0.160. The van der Waals surface area contributed by atoms with Gasteiger partial charge in [-0.25, -0.2) is 0 Å². The lowest BCUT2D eigenvalue weighted by Crippen LogP contribution is -2.32. The van der Waals surface area contributed by atoms with Crippen LogP contribution in [0.3, 0.4) is 0 Å². The minimum absolute atomic E-state index is 0. The SMILES string of the molecule is Cc1c(NC(=O)CC(C)C2CCNCC2)cccc1NC(=O)c1ccccc1.Cl. The highest BCUT2D eigenvalue weighted by Gasteiger charge is 2.22. The van der Waals surface area contributed by atoms with Crippen LogP contribution < -0.4 is 16.0 Å². The number of halogens is 1. The van der Waals surface area contributed by atoms with Crippen LogP contribution in [-0.2, 0) is 4.79 Å². The van der Waals surface area contributed by atoms with E-state index in [-0.39, 0.29) is 24.2 Å². The summed E-state index contributed by atoms with van der Waals surface area (Å²) in [5.74, 6) is 0.834. The van der Waals surface area contributed by atoms with Crippen molar-refractivity contribution >= 4 is 35.6 Å². The molecule has 156 valence electrons. The second-order valence-corrected chi connectivity index (χ2v) is 7.62. The van der Waals surface area contributed by atoms with E-state index in [1.807, 2.05) is 43.3 Å². The number of carbonyl (C=O) groups is 2. The Balaban J connectivity index is 0.00000300. The standard InChI is InChI=1S/C23H29N3O2.ClH/c1-16(18-11-13-24-14-12-18)15-22(27)25-20-9-6-10-21(17(20)2)26-23(28)19-7-4-3-5-8-19;/h3-10,16,18,24H,11-15H2,1-2H3,(H,25,27)(H,26,28);1H. The molecular weight excluding hydrogens is 386 g/mol. The van der Waals surface area contributed by atoms with Gasteiger partial charge in [0.2, 0.25) is 5.91 Å². The van der Waals surface area contributed by atoms with E-state index >= 15 is 0 Å². The zero-order chi connectivity index (χ0) is 19.9. The van der Waals surface area contributed by atoms with Crippen molar-refractivity contribution in [1.29, 1.82) is 0 Å². The average molecular weight is 416 g/mol. The predicted octanol–water partition coefficient (Wildman–Crippen LogP) is 4.63. The van der Waals surface area contributed by atoms with Gasteiger partial charge in [-0.15, -0.1) is 12.4 Å². The van der Waals surface area contributed by atoms with Gasteiger partial charge in [-0.3, -0.25) is 9.59 Å².